The summed E-state index contributed by atoms with van der Waals surface area (Å²) in [5.74, 6) is 0. The van der Waals surface area contributed by atoms with E-state index in [1.165, 1.54) is 5.56 Å². The molecular formula is C17H16N4OS2. The van der Waals surface area contributed by atoms with Crippen LogP contribution in [-0.2, 0) is 19.5 Å². The molecule has 0 radical (unpaired) electrons. The molecule has 3 aromatic heterocycles. The van der Waals surface area contributed by atoms with Gasteiger partial charge in [-0.1, -0.05) is 6.07 Å². The van der Waals surface area contributed by atoms with Gasteiger partial charge in [-0.15, -0.1) is 0 Å². The average Bonchev–Trinajstić information content (AvgIpc) is 3.10. The number of hydrogen-bond donors (Lipinski definition) is 2. The van der Waals surface area contributed by atoms with Crippen molar-refractivity contribution in [1.29, 1.82) is 0 Å². The van der Waals surface area contributed by atoms with Gasteiger partial charge in [0.15, 0.2) is 4.77 Å². The van der Waals surface area contributed by atoms with Crippen LogP contribution in [0, 0.1) is 4.77 Å². The summed E-state index contributed by atoms with van der Waals surface area (Å²) < 4.78 is 0.402. The lowest BCUT2D eigenvalue weighted by Crippen LogP contribution is -2.35. The zero-order valence-electron chi connectivity index (χ0n) is 12.9. The average molecular weight is 356 g/mol. The molecule has 0 amide bonds. The SMILES string of the molecule is O=c1[nH]c(=S)[nH]c2c1CN(Cc1cccnc1-c1ccsc1)CC2. The number of pyridine rings is 1. The van der Waals surface area contributed by atoms with Crippen LogP contribution in [0.2, 0.25) is 0 Å². The Morgan fingerprint density at radius 3 is 3.08 bits per heavy atom. The number of aromatic nitrogens is 3. The predicted molar refractivity (Wildman–Crippen MR) is 97.6 cm³/mol. The molecule has 24 heavy (non-hydrogen) atoms. The first-order valence-corrected chi connectivity index (χ1v) is 9.09. The lowest BCUT2D eigenvalue weighted by atomic mass is 10.0. The highest BCUT2D eigenvalue weighted by Crippen LogP contribution is 2.25. The van der Waals surface area contributed by atoms with Crippen LogP contribution in [0.3, 0.4) is 0 Å². The third-order valence-corrected chi connectivity index (χ3v) is 5.16. The molecule has 1 aliphatic rings. The van der Waals surface area contributed by atoms with E-state index in [0.29, 0.717) is 11.3 Å². The summed E-state index contributed by atoms with van der Waals surface area (Å²) in [4.78, 5) is 24.8. The van der Waals surface area contributed by atoms with E-state index >= 15 is 0 Å². The molecule has 122 valence electrons. The van der Waals surface area contributed by atoms with Crippen LogP contribution in [0.5, 0.6) is 0 Å². The van der Waals surface area contributed by atoms with E-state index in [0.717, 1.165) is 42.0 Å². The van der Waals surface area contributed by atoms with Gasteiger partial charge in [0.1, 0.15) is 0 Å². The maximum absolute atomic E-state index is 12.2. The smallest absolute Gasteiger partial charge is 0.256 e. The highest BCUT2D eigenvalue weighted by Gasteiger charge is 2.21. The second-order valence-electron chi connectivity index (χ2n) is 5.85. The van der Waals surface area contributed by atoms with Crippen LogP contribution in [0.1, 0.15) is 16.8 Å². The van der Waals surface area contributed by atoms with Gasteiger partial charge in [-0.2, -0.15) is 11.3 Å². The summed E-state index contributed by atoms with van der Waals surface area (Å²) in [5.41, 5.74) is 5.02. The number of nitrogens with one attached hydrogen (secondary N) is 2. The topological polar surface area (TPSA) is 64.8 Å². The van der Waals surface area contributed by atoms with E-state index < -0.39 is 0 Å². The molecule has 0 spiro atoms. The van der Waals surface area contributed by atoms with E-state index in [9.17, 15) is 4.79 Å². The van der Waals surface area contributed by atoms with Gasteiger partial charge in [-0.3, -0.25) is 19.7 Å². The standard InChI is InChI=1S/C17H16N4OS2/c22-16-13-9-21(6-3-14(13)19-17(23)20-16)8-11-2-1-5-18-15(11)12-4-7-24-10-12/h1-2,4-5,7,10H,3,6,8-9H2,(H2,19,20,22,23). The number of H-pyrrole nitrogens is 2. The molecular weight excluding hydrogens is 340 g/mol. The number of nitrogens with zero attached hydrogens (tertiary/aromatic N) is 2. The molecule has 5 nitrogen and oxygen atoms in total. The molecule has 0 fully saturated rings. The first-order chi connectivity index (χ1) is 11.7. The van der Waals surface area contributed by atoms with E-state index in [1.54, 1.807) is 11.3 Å². The Labute approximate surface area is 148 Å². The van der Waals surface area contributed by atoms with Gasteiger partial charge < -0.3 is 4.98 Å². The fourth-order valence-corrected chi connectivity index (χ4v) is 3.97. The van der Waals surface area contributed by atoms with Gasteiger partial charge >= 0.3 is 0 Å². The van der Waals surface area contributed by atoms with Crippen molar-refractivity contribution in [3.63, 3.8) is 0 Å². The summed E-state index contributed by atoms with van der Waals surface area (Å²) in [6.07, 6.45) is 2.63. The van der Waals surface area contributed by atoms with Gasteiger partial charge in [0.05, 0.1) is 11.3 Å². The summed E-state index contributed by atoms with van der Waals surface area (Å²) >= 11 is 6.72. The summed E-state index contributed by atoms with van der Waals surface area (Å²) in [7, 11) is 0. The van der Waals surface area contributed by atoms with Crippen molar-refractivity contribution >= 4 is 23.6 Å². The largest absolute Gasteiger partial charge is 0.335 e. The quantitative estimate of drug-likeness (QED) is 0.708. The van der Waals surface area contributed by atoms with E-state index in [-0.39, 0.29) is 5.56 Å². The molecule has 4 rings (SSSR count). The number of thiophene rings is 1. The molecule has 0 atom stereocenters. The first-order valence-electron chi connectivity index (χ1n) is 7.74. The van der Waals surface area contributed by atoms with E-state index in [4.69, 9.17) is 12.2 Å². The van der Waals surface area contributed by atoms with Crippen LogP contribution in [0.25, 0.3) is 11.3 Å². The highest BCUT2D eigenvalue weighted by atomic mass is 32.1. The monoisotopic (exact) mass is 356 g/mol. The predicted octanol–water partition coefficient (Wildman–Crippen LogP) is 3.11. The first kappa shape index (κ1) is 15.4. The number of hydrogen-bond acceptors (Lipinski definition) is 5. The molecule has 0 aromatic carbocycles. The fourth-order valence-electron chi connectivity index (χ4n) is 3.11. The maximum Gasteiger partial charge on any atom is 0.256 e. The Balaban J connectivity index is 1.62. The second-order valence-corrected chi connectivity index (χ2v) is 7.04. The zero-order valence-corrected chi connectivity index (χ0v) is 14.5. The zero-order chi connectivity index (χ0) is 16.5. The van der Waals surface area contributed by atoms with Crippen LogP contribution in [0.15, 0.2) is 40.0 Å². The van der Waals surface area contributed by atoms with E-state index in [1.807, 2.05) is 12.3 Å². The Bertz CT molecular complexity index is 975. The number of aromatic amines is 2. The van der Waals surface area contributed by atoms with Gasteiger partial charge in [0.2, 0.25) is 0 Å². The fraction of sp³-hybridized carbons (Fsp3) is 0.235. The van der Waals surface area contributed by atoms with Crippen LogP contribution in [0.4, 0.5) is 0 Å². The van der Waals surface area contributed by atoms with Crippen molar-refractivity contribution in [3.8, 4) is 11.3 Å². The molecule has 7 heteroatoms. The van der Waals surface area contributed by atoms with Crippen molar-refractivity contribution in [1.82, 2.24) is 19.9 Å². The minimum absolute atomic E-state index is 0.0808. The van der Waals surface area contributed by atoms with Crippen molar-refractivity contribution in [2.24, 2.45) is 0 Å². The molecule has 0 aliphatic carbocycles. The van der Waals surface area contributed by atoms with Gasteiger partial charge in [-0.25, -0.2) is 0 Å². The molecule has 0 unspecified atom stereocenters. The Morgan fingerprint density at radius 1 is 1.33 bits per heavy atom. The molecule has 1 aliphatic heterocycles. The molecule has 2 N–H and O–H groups in total. The second kappa shape index (κ2) is 6.43. The van der Waals surface area contributed by atoms with Crippen molar-refractivity contribution < 1.29 is 0 Å². The van der Waals surface area contributed by atoms with Crippen molar-refractivity contribution in [3.05, 3.63) is 67.1 Å². The molecule has 0 bridgehead atoms. The summed E-state index contributed by atoms with van der Waals surface area (Å²) in [5, 5.41) is 4.18. The lowest BCUT2D eigenvalue weighted by Gasteiger charge is -2.28. The Hall–Kier alpha value is -2.09. The third kappa shape index (κ3) is 2.98. The van der Waals surface area contributed by atoms with E-state index in [2.05, 4.69) is 42.7 Å². The molecule has 3 aromatic rings. The molecule has 4 heterocycles. The van der Waals surface area contributed by atoms with Crippen molar-refractivity contribution in [2.45, 2.75) is 19.5 Å². The lowest BCUT2D eigenvalue weighted by molar-refractivity contribution is 0.241. The van der Waals surface area contributed by atoms with Crippen LogP contribution in [-0.4, -0.2) is 26.4 Å². The molecule has 0 saturated carbocycles. The highest BCUT2D eigenvalue weighted by molar-refractivity contribution is 7.71. The third-order valence-electron chi connectivity index (χ3n) is 4.27. The van der Waals surface area contributed by atoms with Crippen LogP contribution >= 0.6 is 23.6 Å². The number of fused-ring (bicyclic) bond motifs is 1. The van der Waals surface area contributed by atoms with Crippen molar-refractivity contribution in [2.75, 3.05) is 6.54 Å². The summed E-state index contributed by atoms with van der Waals surface area (Å²) in [6, 6.07) is 6.16. The maximum atomic E-state index is 12.2. The minimum atomic E-state index is -0.0808. The normalized spacial score (nSPS) is 14.5. The Morgan fingerprint density at radius 2 is 2.25 bits per heavy atom. The van der Waals surface area contributed by atoms with Gasteiger partial charge in [0.25, 0.3) is 5.56 Å². The minimum Gasteiger partial charge on any atom is -0.335 e. The molecule has 0 saturated heterocycles. The summed E-state index contributed by atoms with van der Waals surface area (Å²) in [6.45, 7) is 2.28. The number of rotatable bonds is 3. The van der Waals surface area contributed by atoms with Gasteiger partial charge in [0, 0.05) is 48.9 Å². The van der Waals surface area contributed by atoms with Gasteiger partial charge in [-0.05, 0) is 35.3 Å². The van der Waals surface area contributed by atoms with Crippen LogP contribution < -0.4 is 5.56 Å². The Kier molecular flexibility index (Phi) is 4.13.